The van der Waals surface area contributed by atoms with Crippen LogP contribution in [0.2, 0.25) is 0 Å². The van der Waals surface area contributed by atoms with Crippen molar-refractivity contribution in [1.29, 1.82) is 0 Å². The summed E-state index contributed by atoms with van der Waals surface area (Å²) in [5.41, 5.74) is 0.191. The molecule has 0 saturated heterocycles. The molecule has 0 aromatic heterocycles. The summed E-state index contributed by atoms with van der Waals surface area (Å²) < 4.78 is 10.5. The zero-order valence-corrected chi connectivity index (χ0v) is 17.6. The van der Waals surface area contributed by atoms with Gasteiger partial charge in [-0.15, -0.1) is 0 Å². The molecular formula is C21H32N2O5. The highest BCUT2D eigenvalue weighted by Gasteiger charge is 2.27. The van der Waals surface area contributed by atoms with Gasteiger partial charge < -0.3 is 20.1 Å². The van der Waals surface area contributed by atoms with E-state index in [1.807, 2.05) is 44.2 Å². The number of hydrogen-bond acceptors (Lipinski definition) is 5. The molecular weight excluding hydrogens is 360 g/mol. The monoisotopic (exact) mass is 392 g/mol. The van der Waals surface area contributed by atoms with Crippen LogP contribution >= 0.6 is 0 Å². The van der Waals surface area contributed by atoms with Crippen molar-refractivity contribution in [3.8, 4) is 0 Å². The minimum absolute atomic E-state index is 0.130. The largest absolute Gasteiger partial charge is 0.459 e. The molecule has 0 unspecified atom stereocenters. The Bertz CT molecular complexity index is 653. The number of ether oxygens (including phenoxy) is 2. The number of rotatable bonds is 8. The van der Waals surface area contributed by atoms with Gasteiger partial charge in [0.25, 0.3) is 0 Å². The molecule has 2 amide bonds. The molecule has 28 heavy (non-hydrogen) atoms. The van der Waals surface area contributed by atoms with Crippen LogP contribution in [0.4, 0.5) is 4.79 Å². The van der Waals surface area contributed by atoms with Gasteiger partial charge in [-0.3, -0.25) is 4.79 Å². The fourth-order valence-corrected chi connectivity index (χ4v) is 2.38. The standard InChI is InChI=1S/C21H32N2O5/c1-14(2)12-17(23-20(26)28-21(4,5)6)18(24)22-15(3)19(25)27-13-16-10-8-7-9-11-16/h7-11,14-15,17H,12-13H2,1-6H3,(H,22,24)(H,23,26)/t15-,17-/m0/s1. The minimum atomic E-state index is -0.841. The zero-order chi connectivity index (χ0) is 21.3. The fourth-order valence-electron chi connectivity index (χ4n) is 2.38. The first-order valence-electron chi connectivity index (χ1n) is 9.48. The van der Waals surface area contributed by atoms with Crippen LogP contribution in [0.15, 0.2) is 30.3 Å². The van der Waals surface area contributed by atoms with Crippen molar-refractivity contribution in [3.05, 3.63) is 35.9 Å². The molecule has 0 fully saturated rings. The Kier molecular flexibility index (Phi) is 8.96. The predicted molar refractivity (Wildman–Crippen MR) is 106 cm³/mol. The van der Waals surface area contributed by atoms with Gasteiger partial charge in [0.15, 0.2) is 0 Å². The van der Waals surface area contributed by atoms with Crippen molar-refractivity contribution in [2.45, 2.75) is 72.3 Å². The SMILES string of the molecule is CC(C)C[C@H](NC(=O)OC(C)(C)C)C(=O)N[C@@H](C)C(=O)OCc1ccccc1. The highest BCUT2D eigenvalue weighted by atomic mass is 16.6. The summed E-state index contributed by atoms with van der Waals surface area (Å²) >= 11 is 0. The van der Waals surface area contributed by atoms with Gasteiger partial charge in [-0.05, 0) is 45.6 Å². The second kappa shape index (κ2) is 10.7. The van der Waals surface area contributed by atoms with Crippen molar-refractivity contribution in [3.63, 3.8) is 0 Å². The number of nitrogens with one attached hydrogen (secondary N) is 2. The summed E-state index contributed by atoms with van der Waals surface area (Å²) in [6, 6.07) is 7.63. The first kappa shape index (κ1) is 23.5. The maximum atomic E-state index is 12.6. The van der Waals surface area contributed by atoms with Crippen LogP contribution in [0.1, 0.15) is 53.5 Å². The van der Waals surface area contributed by atoms with Crippen LogP contribution in [0.5, 0.6) is 0 Å². The van der Waals surface area contributed by atoms with Crippen LogP contribution < -0.4 is 10.6 Å². The van der Waals surface area contributed by atoms with E-state index in [9.17, 15) is 14.4 Å². The number of alkyl carbamates (subject to hydrolysis) is 1. The first-order chi connectivity index (χ1) is 13.0. The second-order valence-electron chi connectivity index (χ2n) is 8.15. The lowest BCUT2D eigenvalue weighted by atomic mass is 10.0. The summed E-state index contributed by atoms with van der Waals surface area (Å²) in [5, 5.41) is 5.19. The molecule has 0 bridgehead atoms. The van der Waals surface area contributed by atoms with E-state index in [2.05, 4.69) is 10.6 Å². The predicted octanol–water partition coefficient (Wildman–Crippen LogP) is 3.17. The average Bonchev–Trinajstić information content (AvgIpc) is 2.57. The van der Waals surface area contributed by atoms with Gasteiger partial charge in [-0.25, -0.2) is 9.59 Å². The second-order valence-corrected chi connectivity index (χ2v) is 8.15. The normalized spacial score (nSPS) is 13.4. The first-order valence-corrected chi connectivity index (χ1v) is 9.48. The topological polar surface area (TPSA) is 93.7 Å². The summed E-state index contributed by atoms with van der Waals surface area (Å²) in [7, 11) is 0. The van der Waals surface area contributed by atoms with Crippen molar-refractivity contribution >= 4 is 18.0 Å². The van der Waals surface area contributed by atoms with Gasteiger partial charge in [0.05, 0.1) is 0 Å². The van der Waals surface area contributed by atoms with E-state index in [0.29, 0.717) is 6.42 Å². The summed E-state index contributed by atoms with van der Waals surface area (Å²) in [6.45, 7) is 10.8. The summed E-state index contributed by atoms with van der Waals surface area (Å²) in [5.74, 6) is -0.840. The molecule has 156 valence electrons. The van der Waals surface area contributed by atoms with Crippen LogP contribution in [0, 0.1) is 5.92 Å². The Balaban J connectivity index is 2.61. The van der Waals surface area contributed by atoms with Crippen LogP contribution in [0.25, 0.3) is 0 Å². The van der Waals surface area contributed by atoms with E-state index >= 15 is 0 Å². The van der Waals surface area contributed by atoms with E-state index in [0.717, 1.165) is 5.56 Å². The number of esters is 1. The van der Waals surface area contributed by atoms with Gasteiger partial charge >= 0.3 is 12.1 Å². The van der Waals surface area contributed by atoms with Crippen LogP contribution in [0.3, 0.4) is 0 Å². The van der Waals surface area contributed by atoms with E-state index < -0.39 is 35.7 Å². The van der Waals surface area contributed by atoms with Gasteiger partial charge in [-0.2, -0.15) is 0 Å². The molecule has 0 spiro atoms. The van der Waals surface area contributed by atoms with E-state index in [4.69, 9.17) is 9.47 Å². The van der Waals surface area contributed by atoms with Crippen LogP contribution in [-0.4, -0.2) is 35.7 Å². The lowest BCUT2D eigenvalue weighted by Crippen LogP contribution is -2.52. The highest BCUT2D eigenvalue weighted by molar-refractivity contribution is 5.89. The summed E-state index contributed by atoms with van der Waals surface area (Å²) in [4.78, 5) is 36.8. The quantitative estimate of drug-likeness (QED) is 0.663. The van der Waals surface area contributed by atoms with Gasteiger partial charge in [0.2, 0.25) is 5.91 Å². The molecule has 7 heteroatoms. The van der Waals surface area contributed by atoms with E-state index in [1.165, 1.54) is 0 Å². The van der Waals surface area contributed by atoms with Crippen molar-refractivity contribution in [1.82, 2.24) is 10.6 Å². The van der Waals surface area contributed by atoms with Gasteiger partial charge in [0, 0.05) is 0 Å². The molecule has 1 aromatic rings. The molecule has 0 aliphatic heterocycles. The fraction of sp³-hybridized carbons (Fsp3) is 0.571. The Morgan fingerprint density at radius 2 is 1.61 bits per heavy atom. The summed E-state index contributed by atoms with van der Waals surface area (Å²) in [6.07, 6.45) is -0.260. The third-order valence-electron chi connectivity index (χ3n) is 3.65. The zero-order valence-electron chi connectivity index (χ0n) is 17.6. The molecule has 2 N–H and O–H groups in total. The molecule has 0 saturated carbocycles. The van der Waals surface area contributed by atoms with Crippen molar-refractivity contribution in [2.24, 2.45) is 5.92 Å². The van der Waals surface area contributed by atoms with Gasteiger partial charge in [-0.1, -0.05) is 44.2 Å². The molecule has 0 aliphatic rings. The number of hydrogen-bond donors (Lipinski definition) is 2. The highest BCUT2D eigenvalue weighted by Crippen LogP contribution is 2.10. The molecule has 0 heterocycles. The van der Waals surface area contributed by atoms with E-state index in [-0.39, 0.29) is 12.5 Å². The third kappa shape index (κ3) is 9.39. The minimum Gasteiger partial charge on any atom is -0.459 e. The number of benzene rings is 1. The molecule has 0 radical (unpaired) electrons. The Morgan fingerprint density at radius 1 is 1.00 bits per heavy atom. The van der Waals surface area contributed by atoms with Crippen LogP contribution in [-0.2, 0) is 25.7 Å². The lowest BCUT2D eigenvalue weighted by Gasteiger charge is -2.25. The maximum Gasteiger partial charge on any atom is 0.408 e. The van der Waals surface area contributed by atoms with E-state index in [1.54, 1.807) is 27.7 Å². The molecule has 1 rings (SSSR count). The van der Waals surface area contributed by atoms with Crippen molar-refractivity contribution in [2.75, 3.05) is 0 Å². The number of amides is 2. The smallest absolute Gasteiger partial charge is 0.408 e. The lowest BCUT2D eigenvalue weighted by molar-refractivity contribution is -0.148. The maximum absolute atomic E-state index is 12.6. The molecule has 7 nitrogen and oxygen atoms in total. The Morgan fingerprint density at radius 3 is 2.14 bits per heavy atom. The number of carbonyl (C=O) groups excluding carboxylic acids is 3. The number of carbonyl (C=O) groups is 3. The van der Waals surface area contributed by atoms with Gasteiger partial charge in [0.1, 0.15) is 24.3 Å². The average molecular weight is 392 g/mol. The molecule has 1 aromatic carbocycles. The molecule has 0 aliphatic carbocycles. The van der Waals surface area contributed by atoms with Crippen molar-refractivity contribution < 1.29 is 23.9 Å². The Labute approximate surface area is 167 Å². The third-order valence-corrected chi connectivity index (χ3v) is 3.65. The Hall–Kier alpha value is -2.57. The molecule has 2 atom stereocenters.